The molecule has 368 valence electrons. The molecule has 4 saturated heterocycles. The lowest BCUT2D eigenvalue weighted by Crippen LogP contribution is -2.64. The van der Waals surface area contributed by atoms with Gasteiger partial charge >= 0.3 is 0 Å². The smallest absolute Gasteiger partial charge is 0.187 e. The third-order valence-electron chi connectivity index (χ3n) is 17.5. The molecular formula is C45H74O19. The maximum Gasteiger partial charge on any atom is 0.187 e. The first kappa shape index (κ1) is 49.4. The van der Waals surface area contributed by atoms with Crippen molar-refractivity contribution in [3.63, 3.8) is 0 Å². The van der Waals surface area contributed by atoms with Crippen LogP contribution in [0.15, 0.2) is 11.6 Å². The molecular weight excluding hydrogens is 844 g/mol. The Balaban J connectivity index is 0.875. The maximum absolute atomic E-state index is 12.2. The van der Waals surface area contributed by atoms with E-state index in [1.165, 1.54) is 6.92 Å². The van der Waals surface area contributed by atoms with Gasteiger partial charge in [0.25, 0.3) is 0 Å². The molecule has 0 spiro atoms. The first-order valence-corrected chi connectivity index (χ1v) is 23.5. The highest BCUT2D eigenvalue weighted by molar-refractivity contribution is 5.28. The van der Waals surface area contributed by atoms with E-state index in [4.69, 9.17) is 33.2 Å². The lowest BCUT2D eigenvalue weighted by Gasteiger charge is -2.60. The number of allylic oxidation sites excluding steroid dienone is 1. The van der Waals surface area contributed by atoms with Crippen LogP contribution in [0, 0.1) is 46.3 Å². The van der Waals surface area contributed by atoms with Crippen LogP contribution in [0.4, 0.5) is 0 Å². The summed E-state index contributed by atoms with van der Waals surface area (Å²) in [5.41, 5.74) is 0.502. The molecule has 0 aromatic carbocycles. The van der Waals surface area contributed by atoms with Crippen LogP contribution in [0.5, 0.6) is 0 Å². The minimum Gasteiger partial charge on any atom is -0.394 e. The zero-order chi connectivity index (χ0) is 46.4. The lowest BCUT2D eigenvalue weighted by molar-refractivity contribution is -0.365. The Morgan fingerprint density at radius 3 is 2.05 bits per heavy atom. The molecule has 19 heteroatoms. The SMILES string of the molecule is CC(CC[C@]1(O)O[C@H]2C[C@H]3[C@@H]4CC=C5C[C@@H](O[C@@H]6O[C@H](CO)[C@@H](O)[C@H](O)[C@H]6O)C[C@@H](O)[C@]5(C)[C@H]4CC[C@]3(C)[C@H]2[C@@H]1C)CO[C@@H]1O[C@H](CO)[C@@H](O)[C@H](O)[C@H]1O[C@@H]1O[C@@H](C)[C@H](O)[C@@H](O)[C@H]1O. The second-order valence-corrected chi connectivity index (χ2v) is 21.1. The molecule has 3 saturated carbocycles. The molecule has 0 aromatic rings. The van der Waals surface area contributed by atoms with E-state index in [0.29, 0.717) is 37.5 Å². The number of rotatable bonds is 12. The summed E-state index contributed by atoms with van der Waals surface area (Å²) in [5.74, 6) is -0.807. The third-order valence-corrected chi connectivity index (χ3v) is 17.5. The van der Waals surface area contributed by atoms with Gasteiger partial charge in [-0.2, -0.15) is 0 Å². The van der Waals surface area contributed by atoms with E-state index < -0.39 is 129 Å². The van der Waals surface area contributed by atoms with Crippen molar-refractivity contribution in [3.8, 4) is 0 Å². The largest absolute Gasteiger partial charge is 0.394 e. The van der Waals surface area contributed by atoms with Crippen LogP contribution >= 0.6 is 0 Å². The van der Waals surface area contributed by atoms with E-state index in [0.717, 1.165) is 31.3 Å². The highest BCUT2D eigenvalue weighted by Gasteiger charge is 2.68. The van der Waals surface area contributed by atoms with E-state index in [9.17, 15) is 61.3 Å². The fraction of sp³-hybridized carbons (Fsp3) is 0.956. The van der Waals surface area contributed by atoms with Crippen LogP contribution in [0.2, 0.25) is 0 Å². The van der Waals surface area contributed by atoms with Crippen LogP contribution in [0.3, 0.4) is 0 Å². The summed E-state index contributed by atoms with van der Waals surface area (Å²) in [6.45, 7) is 8.88. The van der Waals surface area contributed by atoms with Crippen LogP contribution in [-0.2, 0) is 33.2 Å². The van der Waals surface area contributed by atoms with E-state index in [1.807, 2.05) is 6.92 Å². The second-order valence-electron chi connectivity index (χ2n) is 21.1. The number of aliphatic hydroxyl groups is 12. The first-order valence-electron chi connectivity index (χ1n) is 23.5. The average Bonchev–Trinajstić information content (AvgIpc) is 3.70. The van der Waals surface area contributed by atoms with Crippen molar-refractivity contribution in [1.82, 2.24) is 0 Å². The van der Waals surface area contributed by atoms with Gasteiger partial charge in [-0.25, -0.2) is 0 Å². The summed E-state index contributed by atoms with van der Waals surface area (Å²) in [6.07, 6.45) is -15.2. The number of aliphatic hydroxyl groups excluding tert-OH is 11. The summed E-state index contributed by atoms with van der Waals surface area (Å²) in [5, 5.41) is 127. The van der Waals surface area contributed by atoms with Crippen molar-refractivity contribution in [2.75, 3.05) is 19.8 Å². The van der Waals surface area contributed by atoms with Crippen molar-refractivity contribution < 1.29 is 94.4 Å². The molecule has 1 unspecified atom stereocenters. The number of fused-ring (bicyclic) bond motifs is 7. The predicted molar refractivity (Wildman–Crippen MR) is 219 cm³/mol. The van der Waals surface area contributed by atoms with Crippen molar-refractivity contribution in [2.24, 2.45) is 46.3 Å². The molecule has 8 rings (SSSR count). The first-order chi connectivity index (χ1) is 30.2. The molecule has 4 aliphatic heterocycles. The summed E-state index contributed by atoms with van der Waals surface area (Å²) in [7, 11) is 0. The highest BCUT2D eigenvalue weighted by atomic mass is 16.8. The van der Waals surface area contributed by atoms with Crippen molar-refractivity contribution in [1.29, 1.82) is 0 Å². The Kier molecular flexibility index (Phi) is 14.4. The highest BCUT2D eigenvalue weighted by Crippen LogP contribution is 2.70. The molecule has 4 heterocycles. The maximum atomic E-state index is 12.2. The van der Waals surface area contributed by atoms with Gasteiger partial charge in [0.15, 0.2) is 24.7 Å². The number of hydrogen-bond donors (Lipinski definition) is 12. The Morgan fingerprint density at radius 1 is 0.750 bits per heavy atom. The van der Waals surface area contributed by atoms with E-state index in [2.05, 4.69) is 26.8 Å². The van der Waals surface area contributed by atoms with Gasteiger partial charge in [-0.3, -0.25) is 0 Å². The fourth-order valence-corrected chi connectivity index (χ4v) is 13.5. The Hall–Kier alpha value is -1.02. The lowest BCUT2D eigenvalue weighted by atomic mass is 9.46. The quantitative estimate of drug-likeness (QED) is 0.0956. The predicted octanol–water partition coefficient (Wildman–Crippen LogP) is -1.86. The molecule has 8 aliphatic rings. The topological polar surface area (TPSA) is 307 Å². The third kappa shape index (κ3) is 8.36. The van der Waals surface area contributed by atoms with Crippen LogP contribution in [-0.4, -0.2) is 197 Å². The van der Waals surface area contributed by atoms with Gasteiger partial charge in [-0.15, -0.1) is 0 Å². The van der Waals surface area contributed by atoms with Gasteiger partial charge in [-0.05, 0) is 80.5 Å². The van der Waals surface area contributed by atoms with Crippen molar-refractivity contribution >= 4 is 0 Å². The minimum absolute atomic E-state index is 0.0677. The number of ether oxygens (including phenoxy) is 7. The average molecular weight is 919 g/mol. The standard InChI is InChI=1S/C45H74O19/c1-18(17-58-42-39(36(54)33(51)28(16-47)62-42)63-40-37(55)34(52)31(49)20(3)59-40)8-11-45(57)19(2)30-26(64-45)14-25-23-7-6-21-12-22(60-41-38(56)35(53)32(50)27(15-46)61-41)13-29(48)44(21,5)24(23)9-10-43(25,30)4/h6,18-20,22-42,46-57H,7-17H2,1-5H3/t18?,19-,20-,22+,23+,24-,25-,26-,27+,28+,29+,30-,31-,32+,33+,34+,35-,36-,37+,38+,39+,40-,41+,42+,43-,44-,45-/m0/s1. The molecule has 64 heavy (non-hydrogen) atoms. The van der Waals surface area contributed by atoms with Gasteiger partial charge in [0.2, 0.25) is 0 Å². The van der Waals surface area contributed by atoms with E-state index in [1.54, 1.807) is 0 Å². The molecule has 0 amide bonds. The monoisotopic (exact) mass is 918 g/mol. The normalized spacial score (nSPS) is 55.5. The van der Waals surface area contributed by atoms with Gasteiger partial charge in [0, 0.05) is 24.2 Å². The van der Waals surface area contributed by atoms with Gasteiger partial charge < -0.3 is 94.4 Å². The Labute approximate surface area is 373 Å². The van der Waals surface area contributed by atoms with Crippen LogP contribution in [0.1, 0.15) is 86.0 Å². The summed E-state index contributed by atoms with van der Waals surface area (Å²) >= 11 is 0. The zero-order valence-corrected chi connectivity index (χ0v) is 37.4. The van der Waals surface area contributed by atoms with E-state index in [-0.39, 0.29) is 41.8 Å². The van der Waals surface area contributed by atoms with Gasteiger partial charge in [0.05, 0.1) is 44.2 Å². The van der Waals surface area contributed by atoms with Gasteiger partial charge in [-0.1, -0.05) is 39.3 Å². The molecule has 0 radical (unpaired) electrons. The van der Waals surface area contributed by atoms with Crippen LogP contribution < -0.4 is 0 Å². The second kappa shape index (κ2) is 18.7. The van der Waals surface area contributed by atoms with E-state index >= 15 is 0 Å². The zero-order valence-electron chi connectivity index (χ0n) is 37.4. The van der Waals surface area contributed by atoms with Crippen molar-refractivity contribution in [3.05, 3.63) is 11.6 Å². The molecule has 7 fully saturated rings. The van der Waals surface area contributed by atoms with Crippen LogP contribution in [0.25, 0.3) is 0 Å². The number of hydrogen-bond acceptors (Lipinski definition) is 19. The molecule has 19 nitrogen and oxygen atoms in total. The summed E-state index contributed by atoms with van der Waals surface area (Å²) < 4.78 is 41.7. The molecule has 0 aromatic heterocycles. The molecule has 27 atom stereocenters. The fourth-order valence-electron chi connectivity index (χ4n) is 13.5. The van der Waals surface area contributed by atoms with Crippen molar-refractivity contribution in [2.45, 2.75) is 202 Å². The molecule has 0 bridgehead atoms. The summed E-state index contributed by atoms with van der Waals surface area (Å²) in [6, 6.07) is 0. The van der Waals surface area contributed by atoms with Gasteiger partial charge in [0.1, 0.15) is 67.1 Å². The molecule has 4 aliphatic carbocycles. The summed E-state index contributed by atoms with van der Waals surface area (Å²) in [4.78, 5) is 0. The Bertz CT molecular complexity index is 1640. The molecule has 12 N–H and O–H groups in total. The minimum atomic E-state index is -1.68. The Morgan fingerprint density at radius 2 is 1.38 bits per heavy atom.